The molecule has 0 aromatic heterocycles. The summed E-state index contributed by atoms with van der Waals surface area (Å²) in [4.78, 5) is 0. The molecule has 0 spiro atoms. The number of hydrogen-bond acceptors (Lipinski definition) is 2. The Kier molecular flexibility index (Phi) is 3.40. The minimum Gasteiger partial charge on any atom is -0.298 e. The van der Waals surface area contributed by atoms with E-state index in [1.807, 2.05) is 35.3 Å². The molecule has 0 amide bonds. The number of hydrogen-bond donors (Lipinski definition) is 1. The van der Waals surface area contributed by atoms with Gasteiger partial charge < -0.3 is 0 Å². The van der Waals surface area contributed by atoms with Crippen LogP contribution in [0.5, 0.6) is 0 Å². The number of halogens is 2. The Balaban J connectivity index is 1.99. The number of nitrogens with zero attached hydrogens (tertiary/aromatic N) is 1. The minimum absolute atomic E-state index is 0.0607. The molecular formula is C15H14ClFN2. The zero-order valence-electron chi connectivity index (χ0n) is 10.3. The van der Waals surface area contributed by atoms with E-state index in [9.17, 15) is 4.39 Å². The van der Waals surface area contributed by atoms with Crippen LogP contribution >= 0.6 is 11.6 Å². The molecule has 2 aromatic carbocycles. The number of rotatable bonds is 2. The van der Waals surface area contributed by atoms with Gasteiger partial charge in [-0.1, -0.05) is 41.9 Å². The van der Waals surface area contributed by atoms with E-state index in [4.69, 9.17) is 11.6 Å². The predicted molar refractivity (Wildman–Crippen MR) is 75.7 cm³/mol. The van der Waals surface area contributed by atoms with Crippen molar-refractivity contribution in [3.63, 3.8) is 0 Å². The van der Waals surface area contributed by atoms with Crippen molar-refractivity contribution in [2.75, 3.05) is 11.6 Å². The lowest BCUT2D eigenvalue weighted by Crippen LogP contribution is -2.33. The molecule has 1 heterocycles. The highest BCUT2D eigenvalue weighted by Crippen LogP contribution is 2.35. The lowest BCUT2D eigenvalue weighted by atomic mass is 10.0. The van der Waals surface area contributed by atoms with Crippen molar-refractivity contribution in [3.05, 3.63) is 64.9 Å². The molecule has 98 valence electrons. The minimum atomic E-state index is -0.228. The van der Waals surface area contributed by atoms with E-state index in [0.29, 0.717) is 5.69 Å². The van der Waals surface area contributed by atoms with Crippen LogP contribution < -0.4 is 10.4 Å². The quantitative estimate of drug-likeness (QED) is 0.894. The first-order chi connectivity index (χ1) is 9.27. The molecule has 1 atom stereocenters. The van der Waals surface area contributed by atoms with Crippen LogP contribution in [-0.4, -0.2) is 6.54 Å². The molecule has 4 heteroatoms. The zero-order chi connectivity index (χ0) is 13.2. The second kappa shape index (κ2) is 5.19. The van der Waals surface area contributed by atoms with E-state index in [2.05, 4.69) is 5.43 Å². The highest BCUT2D eigenvalue weighted by atomic mass is 35.5. The SMILES string of the molecule is Fc1ccccc1N1NCCC1c1ccccc1Cl. The van der Waals surface area contributed by atoms with Crippen LogP contribution in [0.1, 0.15) is 18.0 Å². The zero-order valence-corrected chi connectivity index (χ0v) is 11.1. The molecule has 0 aliphatic carbocycles. The molecule has 1 fully saturated rings. The maximum absolute atomic E-state index is 13.9. The highest BCUT2D eigenvalue weighted by Gasteiger charge is 2.29. The largest absolute Gasteiger partial charge is 0.298 e. The summed E-state index contributed by atoms with van der Waals surface area (Å²) in [5, 5.41) is 2.59. The van der Waals surface area contributed by atoms with Gasteiger partial charge in [0, 0.05) is 11.6 Å². The molecule has 1 N–H and O–H groups in total. The molecule has 2 aromatic rings. The molecule has 1 aliphatic rings. The van der Waals surface area contributed by atoms with Crippen LogP contribution in [0.25, 0.3) is 0 Å². The Morgan fingerprint density at radius 2 is 1.84 bits per heavy atom. The average molecular weight is 277 g/mol. The number of anilines is 1. The first-order valence-electron chi connectivity index (χ1n) is 6.29. The fourth-order valence-electron chi connectivity index (χ4n) is 2.50. The van der Waals surface area contributed by atoms with Gasteiger partial charge in [0.05, 0.1) is 11.7 Å². The van der Waals surface area contributed by atoms with E-state index in [1.165, 1.54) is 6.07 Å². The van der Waals surface area contributed by atoms with Crippen molar-refractivity contribution in [1.29, 1.82) is 0 Å². The average Bonchev–Trinajstić information content (AvgIpc) is 2.89. The molecule has 3 rings (SSSR count). The van der Waals surface area contributed by atoms with E-state index in [0.717, 1.165) is 23.6 Å². The summed E-state index contributed by atoms with van der Waals surface area (Å²) in [7, 11) is 0. The molecule has 1 aliphatic heterocycles. The number of nitrogens with one attached hydrogen (secondary N) is 1. The van der Waals surface area contributed by atoms with Crippen molar-refractivity contribution < 1.29 is 4.39 Å². The van der Waals surface area contributed by atoms with Crippen molar-refractivity contribution in [2.24, 2.45) is 0 Å². The highest BCUT2D eigenvalue weighted by molar-refractivity contribution is 6.31. The molecule has 0 bridgehead atoms. The summed E-state index contributed by atoms with van der Waals surface area (Å²) < 4.78 is 13.9. The second-order valence-corrected chi connectivity index (χ2v) is 4.96. The van der Waals surface area contributed by atoms with Gasteiger partial charge in [-0.25, -0.2) is 9.82 Å². The van der Waals surface area contributed by atoms with Gasteiger partial charge in [-0.05, 0) is 30.2 Å². The molecule has 0 radical (unpaired) electrons. The Morgan fingerprint density at radius 1 is 1.11 bits per heavy atom. The fourth-order valence-corrected chi connectivity index (χ4v) is 2.76. The van der Waals surface area contributed by atoms with Crippen molar-refractivity contribution >= 4 is 17.3 Å². The van der Waals surface area contributed by atoms with Crippen LogP contribution in [0.15, 0.2) is 48.5 Å². The summed E-state index contributed by atoms with van der Waals surface area (Å²) in [6, 6.07) is 14.6. The lowest BCUT2D eigenvalue weighted by Gasteiger charge is -2.27. The van der Waals surface area contributed by atoms with Gasteiger partial charge in [-0.15, -0.1) is 0 Å². The first kappa shape index (κ1) is 12.5. The standard InChI is InChI=1S/C15H14ClFN2/c16-12-6-2-1-5-11(12)14-9-10-18-19(14)15-8-4-3-7-13(15)17/h1-8,14,18H,9-10H2. The third kappa shape index (κ3) is 2.31. The van der Waals surface area contributed by atoms with Gasteiger partial charge in [-0.2, -0.15) is 0 Å². The van der Waals surface area contributed by atoms with Gasteiger partial charge in [0.1, 0.15) is 5.82 Å². The Morgan fingerprint density at radius 3 is 2.63 bits per heavy atom. The third-order valence-electron chi connectivity index (χ3n) is 3.39. The molecule has 19 heavy (non-hydrogen) atoms. The normalized spacial score (nSPS) is 18.8. The first-order valence-corrected chi connectivity index (χ1v) is 6.67. The van der Waals surface area contributed by atoms with Gasteiger partial charge in [0.25, 0.3) is 0 Å². The van der Waals surface area contributed by atoms with Gasteiger partial charge in [0.2, 0.25) is 0 Å². The third-order valence-corrected chi connectivity index (χ3v) is 3.73. The monoisotopic (exact) mass is 276 g/mol. The van der Waals surface area contributed by atoms with Crippen molar-refractivity contribution in [2.45, 2.75) is 12.5 Å². The van der Waals surface area contributed by atoms with E-state index >= 15 is 0 Å². The van der Waals surface area contributed by atoms with Crippen LogP contribution in [-0.2, 0) is 0 Å². The van der Waals surface area contributed by atoms with Crippen LogP contribution in [0.2, 0.25) is 5.02 Å². The number of para-hydroxylation sites is 1. The van der Waals surface area contributed by atoms with Crippen LogP contribution in [0, 0.1) is 5.82 Å². The van der Waals surface area contributed by atoms with Gasteiger partial charge in [0.15, 0.2) is 0 Å². The summed E-state index contributed by atoms with van der Waals surface area (Å²) >= 11 is 6.25. The molecule has 1 unspecified atom stereocenters. The molecule has 0 saturated carbocycles. The van der Waals surface area contributed by atoms with Gasteiger partial charge >= 0.3 is 0 Å². The maximum Gasteiger partial charge on any atom is 0.147 e. The van der Waals surface area contributed by atoms with Crippen LogP contribution in [0.4, 0.5) is 10.1 Å². The summed E-state index contributed by atoms with van der Waals surface area (Å²) in [5.41, 5.74) is 4.81. The Labute approximate surface area is 116 Å². The maximum atomic E-state index is 13.9. The Bertz CT molecular complexity index is 536. The fraction of sp³-hybridized carbons (Fsp3) is 0.200. The number of benzene rings is 2. The van der Waals surface area contributed by atoms with E-state index in [1.54, 1.807) is 12.1 Å². The Hall–Kier alpha value is -1.58. The summed E-state index contributed by atoms with van der Waals surface area (Å²) in [6.45, 7) is 0.810. The number of hydrazine groups is 1. The van der Waals surface area contributed by atoms with E-state index < -0.39 is 0 Å². The lowest BCUT2D eigenvalue weighted by molar-refractivity contribution is 0.597. The van der Waals surface area contributed by atoms with Crippen molar-refractivity contribution in [3.8, 4) is 0 Å². The predicted octanol–water partition coefficient (Wildman–Crippen LogP) is 3.94. The van der Waals surface area contributed by atoms with Crippen molar-refractivity contribution in [1.82, 2.24) is 5.43 Å². The second-order valence-electron chi connectivity index (χ2n) is 4.56. The van der Waals surface area contributed by atoms with E-state index in [-0.39, 0.29) is 11.9 Å². The topological polar surface area (TPSA) is 15.3 Å². The molecular weight excluding hydrogens is 263 g/mol. The summed E-state index contributed by atoms with van der Waals surface area (Å²) in [6.07, 6.45) is 0.901. The van der Waals surface area contributed by atoms with Crippen LogP contribution in [0.3, 0.4) is 0 Å². The van der Waals surface area contributed by atoms with Gasteiger partial charge in [-0.3, -0.25) is 5.01 Å². The smallest absolute Gasteiger partial charge is 0.147 e. The summed E-state index contributed by atoms with van der Waals surface area (Å²) in [5.74, 6) is -0.228. The molecule has 1 saturated heterocycles. The molecule has 2 nitrogen and oxygen atoms in total.